The Balaban J connectivity index is 1.37. The van der Waals surface area contributed by atoms with Crippen molar-refractivity contribution in [1.29, 1.82) is 0 Å². The van der Waals surface area contributed by atoms with E-state index in [0.717, 1.165) is 22.3 Å². The van der Waals surface area contributed by atoms with Gasteiger partial charge in [-0.05, 0) is 83.3 Å². The molecule has 0 bridgehead atoms. The van der Waals surface area contributed by atoms with Gasteiger partial charge in [-0.2, -0.15) is 0 Å². The third-order valence-corrected chi connectivity index (χ3v) is 9.08. The summed E-state index contributed by atoms with van der Waals surface area (Å²) >= 11 is 0. The standard InChI is InChI=1S/C34H31FN2O7/c1-16-5-6-18(15-37-14-17-3-2-4-21(35)9-17)10-23(16)22-7-8-25(38)28-24(22)12-19-11-20-13-26(39)29(33(36)43)32(42)34(20,44)31(41)27(19)30(28)40/h2-10,19-20,37-39,41,44H,11-15H2,1H3,(H2,36,43)/t19-,20+,34+/m1/s1. The van der Waals surface area contributed by atoms with Gasteiger partial charge in [-0.15, -0.1) is 0 Å². The van der Waals surface area contributed by atoms with Crippen LogP contribution in [0, 0.1) is 24.6 Å². The lowest BCUT2D eigenvalue weighted by Gasteiger charge is -2.45. The Morgan fingerprint density at radius 1 is 1.00 bits per heavy atom. The number of fused-ring (bicyclic) bond motifs is 3. The molecule has 0 aliphatic heterocycles. The van der Waals surface area contributed by atoms with Crippen molar-refractivity contribution in [3.63, 3.8) is 0 Å². The number of amides is 1. The number of aryl methyl sites for hydroxylation is 1. The summed E-state index contributed by atoms with van der Waals surface area (Å²) in [5, 5.41) is 47.3. The van der Waals surface area contributed by atoms with Gasteiger partial charge >= 0.3 is 0 Å². The Morgan fingerprint density at radius 3 is 2.43 bits per heavy atom. The largest absolute Gasteiger partial charge is 0.511 e. The van der Waals surface area contributed by atoms with Gasteiger partial charge in [-0.1, -0.05) is 30.3 Å². The third kappa shape index (κ3) is 4.58. The SMILES string of the molecule is Cc1ccc(CNCc2cccc(F)c2)cc1-c1ccc(O)c2c1C[C@H]1C[C@H]3CC(O)=C(C(N)=O)C(=O)[C@@]3(O)C(O)=C1C2=O. The minimum atomic E-state index is -2.60. The van der Waals surface area contributed by atoms with Gasteiger partial charge in [0.05, 0.1) is 5.56 Å². The number of benzene rings is 3. The molecule has 9 nitrogen and oxygen atoms in total. The van der Waals surface area contributed by atoms with Crippen molar-refractivity contribution in [2.24, 2.45) is 17.6 Å². The number of carbonyl (C=O) groups excluding carboxylic acids is 3. The number of ketones is 2. The summed E-state index contributed by atoms with van der Waals surface area (Å²) in [6, 6.07) is 15.4. The molecule has 3 aliphatic carbocycles. The maximum absolute atomic E-state index is 13.9. The summed E-state index contributed by atoms with van der Waals surface area (Å²) in [5.74, 6) is -6.91. The Kier molecular flexibility index (Phi) is 7.14. The van der Waals surface area contributed by atoms with Gasteiger partial charge in [0.1, 0.15) is 28.7 Å². The van der Waals surface area contributed by atoms with E-state index in [4.69, 9.17) is 5.73 Å². The minimum Gasteiger partial charge on any atom is -0.511 e. The maximum Gasteiger partial charge on any atom is 0.255 e. The molecule has 0 spiro atoms. The topological polar surface area (TPSA) is 170 Å². The van der Waals surface area contributed by atoms with Crippen LogP contribution in [0.25, 0.3) is 11.1 Å². The molecule has 0 saturated heterocycles. The number of hydrogen-bond donors (Lipinski definition) is 6. The van der Waals surface area contributed by atoms with Crippen molar-refractivity contribution < 1.29 is 39.2 Å². The first kappa shape index (κ1) is 29.3. The molecule has 0 saturated carbocycles. The highest BCUT2D eigenvalue weighted by Crippen LogP contribution is 2.52. The summed E-state index contributed by atoms with van der Waals surface area (Å²) < 4.78 is 13.6. The van der Waals surface area contributed by atoms with E-state index in [1.54, 1.807) is 12.1 Å². The first-order chi connectivity index (χ1) is 20.9. The first-order valence-electron chi connectivity index (χ1n) is 14.3. The summed E-state index contributed by atoms with van der Waals surface area (Å²) in [6.45, 7) is 2.89. The van der Waals surface area contributed by atoms with Crippen molar-refractivity contribution in [2.75, 3.05) is 0 Å². The summed E-state index contributed by atoms with van der Waals surface area (Å²) in [5.41, 5.74) is 6.42. The van der Waals surface area contributed by atoms with Crippen LogP contribution in [0.2, 0.25) is 0 Å². The monoisotopic (exact) mass is 598 g/mol. The molecule has 0 heterocycles. The second-order valence-electron chi connectivity index (χ2n) is 11.8. The Morgan fingerprint density at radius 2 is 1.73 bits per heavy atom. The van der Waals surface area contributed by atoms with E-state index in [-0.39, 0.29) is 42.0 Å². The lowest BCUT2D eigenvalue weighted by atomic mass is 9.60. The van der Waals surface area contributed by atoms with Gasteiger partial charge in [0.15, 0.2) is 11.4 Å². The molecule has 3 aromatic carbocycles. The summed E-state index contributed by atoms with van der Waals surface area (Å²) in [4.78, 5) is 39.0. The predicted octanol–water partition coefficient (Wildman–Crippen LogP) is 3.98. The van der Waals surface area contributed by atoms with Crippen LogP contribution in [0.1, 0.15) is 45.5 Å². The van der Waals surface area contributed by atoms with E-state index in [9.17, 15) is 39.2 Å². The number of primary amides is 1. The summed E-state index contributed by atoms with van der Waals surface area (Å²) in [7, 11) is 0. The number of phenolic OH excluding ortho intramolecular Hbond substituents is 1. The molecule has 3 aromatic rings. The van der Waals surface area contributed by atoms with Gasteiger partial charge in [0.2, 0.25) is 5.78 Å². The zero-order valence-electron chi connectivity index (χ0n) is 23.9. The minimum absolute atomic E-state index is 0.0341. The number of phenols is 1. The normalized spacial score (nSPS) is 22.9. The molecule has 3 atom stereocenters. The molecule has 0 unspecified atom stereocenters. The average Bonchev–Trinajstić information content (AvgIpc) is 2.96. The number of aromatic hydroxyl groups is 1. The van der Waals surface area contributed by atoms with E-state index >= 15 is 0 Å². The van der Waals surface area contributed by atoms with Crippen molar-refractivity contribution in [3.8, 4) is 16.9 Å². The lowest BCUT2D eigenvalue weighted by molar-refractivity contribution is -0.144. The number of carbonyl (C=O) groups is 3. The van der Waals surface area contributed by atoms with Crippen LogP contribution in [0.5, 0.6) is 5.75 Å². The fourth-order valence-corrected chi connectivity index (χ4v) is 6.94. The molecule has 1 amide bonds. The van der Waals surface area contributed by atoms with Crippen LogP contribution in [0.3, 0.4) is 0 Å². The van der Waals surface area contributed by atoms with Gasteiger partial charge < -0.3 is 31.5 Å². The molecule has 0 radical (unpaired) electrons. The number of aliphatic hydroxyl groups excluding tert-OH is 2. The Hall–Kier alpha value is -4.80. The molecule has 44 heavy (non-hydrogen) atoms. The number of allylic oxidation sites excluding steroid dienone is 2. The zero-order chi connectivity index (χ0) is 31.5. The highest BCUT2D eigenvalue weighted by Gasteiger charge is 2.59. The van der Waals surface area contributed by atoms with E-state index in [1.807, 2.05) is 31.2 Å². The van der Waals surface area contributed by atoms with Crippen molar-refractivity contribution in [3.05, 3.63) is 111 Å². The fourth-order valence-electron chi connectivity index (χ4n) is 6.94. The first-order valence-corrected chi connectivity index (χ1v) is 14.3. The Bertz CT molecular complexity index is 1830. The molecule has 7 N–H and O–H groups in total. The van der Waals surface area contributed by atoms with E-state index < -0.39 is 52.0 Å². The van der Waals surface area contributed by atoms with Crippen molar-refractivity contribution in [2.45, 2.75) is 44.9 Å². The zero-order valence-corrected chi connectivity index (χ0v) is 23.9. The highest BCUT2D eigenvalue weighted by molar-refractivity contribution is 6.24. The molecular weight excluding hydrogens is 567 g/mol. The highest BCUT2D eigenvalue weighted by atomic mass is 19.1. The number of nitrogens with one attached hydrogen (secondary N) is 1. The van der Waals surface area contributed by atoms with Crippen LogP contribution < -0.4 is 11.1 Å². The predicted molar refractivity (Wildman–Crippen MR) is 158 cm³/mol. The van der Waals surface area contributed by atoms with Gasteiger partial charge in [-0.3, -0.25) is 14.4 Å². The molecule has 10 heteroatoms. The number of hydrogen-bond acceptors (Lipinski definition) is 8. The number of Topliss-reactive ketones (excluding diaryl/α,β-unsaturated/α-hetero) is 2. The van der Waals surface area contributed by atoms with E-state index in [1.165, 1.54) is 18.2 Å². The third-order valence-electron chi connectivity index (χ3n) is 9.08. The quantitative estimate of drug-likeness (QED) is 0.231. The van der Waals surface area contributed by atoms with Crippen LogP contribution >= 0.6 is 0 Å². The van der Waals surface area contributed by atoms with Gasteiger partial charge in [0.25, 0.3) is 5.91 Å². The number of nitrogens with two attached hydrogens (primary N) is 1. The lowest BCUT2D eigenvalue weighted by Crippen LogP contribution is -2.57. The molecule has 0 aromatic heterocycles. The van der Waals surface area contributed by atoms with E-state index in [2.05, 4.69) is 5.32 Å². The molecule has 0 fully saturated rings. The fraction of sp³-hybridized carbons (Fsp3) is 0.265. The Labute approximate surface area is 252 Å². The van der Waals surface area contributed by atoms with Crippen LogP contribution in [0.4, 0.5) is 4.39 Å². The van der Waals surface area contributed by atoms with Crippen molar-refractivity contribution >= 4 is 17.5 Å². The smallest absolute Gasteiger partial charge is 0.255 e. The second kappa shape index (κ2) is 10.7. The van der Waals surface area contributed by atoms with Gasteiger partial charge in [0, 0.05) is 31.0 Å². The number of halogens is 1. The number of rotatable bonds is 6. The van der Waals surface area contributed by atoms with Crippen LogP contribution in [0.15, 0.2) is 77.3 Å². The van der Waals surface area contributed by atoms with Crippen molar-refractivity contribution in [1.82, 2.24) is 5.32 Å². The second-order valence-corrected chi connectivity index (χ2v) is 11.8. The molecular formula is C34H31FN2O7. The number of aliphatic hydroxyl groups is 3. The summed E-state index contributed by atoms with van der Waals surface area (Å²) in [6.07, 6.45) is -0.0211. The van der Waals surface area contributed by atoms with Crippen LogP contribution in [-0.4, -0.2) is 43.5 Å². The maximum atomic E-state index is 13.9. The van der Waals surface area contributed by atoms with E-state index in [0.29, 0.717) is 24.2 Å². The van der Waals surface area contributed by atoms with Crippen LogP contribution in [-0.2, 0) is 29.1 Å². The molecule has 6 rings (SSSR count). The van der Waals surface area contributed by atoms with Gasteiger partial charge in [-0.25, -0.2) is 4.39 Å². The molecule has 226 valence electrons. The average molecular weight is 599 g/mol. The molecule has 3 aliphatic rings.